The first kappa shape index (κ1) is 17.9. The first-order chi connectivity index (χ1) is 10.3. The van der Waals surface area contributed by atoms with Crippen molar-refractivity contribution in [3.8, 4) is 0 Å². The standard InChI is InChI=1S/C11H20O11/c12-1-2-8(4(14)6(16)9(18)20-2)21-11-7(17)3(13)5(15)10(19)22-11/h2-19H,1H2/t2?,3?,4?,5-,6-,7-,8+,9+,10?,11+/m0/s1. The molecule has 22 heavy (non-hydrogen) atoms. The summed E-state index contributed by atoms with van der Waals surface area (Å²) in [5, 5.41) is 76.0. The molecule has 2 aliphatic heterocycles. The molecule has 2 saturated heterocycles. The molecule has 0 aromatic carbocycles. The molecule has 2 fully saturated rings. The molecular weight excluding hydrogens is 308 g/mol. The van der Waals surface area contributed by atoms with Crippen molar-refractivity contribution >= 4 is 0 Å². The van der Waals surface area contributed by atoms with Crippen molar-refractivity contribution in [1.29, 1.82) is 0 Å². The fraction of sp³-hybridized carbons (Fsp3) is 1.00. The van der Waals surface area contributed by atoms with Gasteiger partial charge in [0.05, 0.1) is 6.61 Å². The predicted molar refractivity (Wildman–Crippen MR) is 63.8 cm³/mol. The highest BCUT2D eigenvalue weighted by Gasteiger charge is 2.49. The van der Waals surface area contributed by atoms with Gasteiger partial charge in [-0.15, -0.1) is 0 Å². The van der Waals surface area contributed by atoms with E-state index >= 15 is 0 Å². The Morgan fingerprint density at radius 2 is 1.23 bits per heavy atom. The molecule has 0 aromatic rings. The average molecular weight is 328 g/mol. The van der Waals surface area contributed by atoms with E-state index in [1.165, 1.54) is 0 Å². The van der Waals surface area contributed by atoms with Crippen molar-refractivity contribution in [2.24, 2.45) is 0 Å². The number of aliphatic hydroxyl groups is 8. The van der Waals surface area contributed by atoms with Crippen LogP contribution in [0.3, 0.4) is 0 Å². The molecule has 4 unspecified atom stereocenters. The van der Waals surface area contributed by atoms with Gasteiger partial charge >= 0.3 is 0 Å². The van der Waals surface area contributed by atoms with E-state index in [1.54, 1.807) is 0 Å². The lowest BCUT2D eigenvalue weighted by atomic mass is 9.98. The molecule has 2 heterocycles. The van der Waals surface area contributed by atoms with Gasteiger partial charge in [0.2, 0.25) is 0 Å². The summed E-state index contributed by atoms with van der Waals surface area (Å²) in [4.78, 5) is 0. The molecule has 0 aliphatic carbocycles. The Balaban J connectivity index is 2.10. The lowest BCUT2D eigenvalue weighted by Crippen LogP contribution is -2.64. The first-order valence-electron chi connectivity index (χ1n) is 6.61. The molecule has 2 aliphatic rings. The first-order valence-corrected chi connectivity index (χ1v) is 6.61. The summed E-state index contributed by atoms with van der Waals surface area (Å²) in [6, 6.07) is 0. The van der Waals surface area contributed by atoms with Gasteiger partial charge in [-0.2, -0.15) is 0 Å². The summed E-state index contributed by atoms with van der Waals surface area (Å²) in [6.45, 7) is -0.692. The molecule has 11 heteroatoms. The minimum atomic E-state index is -1.85. The Labute approximate surface area is 124 Å². The summed E-state index contributed by atoms with van der Waals surface area (Å²) >= 11 is 0. The Hall–Kier alpha value is -0.440. The van der Waals surface area contributed by atoms with Crippen LogP contribution < -0.4 is 0 Å². The van der Waals surface area contributed by atoms with E-state index in [1.807, 2.05) is 0 Å². The molecule has 2 rings (SSSR count). The highest BCUT2D eigenvalue weighted by molar-refractivity contribution is 4.92. The number of ether oxygens (including phenoxy) is 3. The summed E-state index contributed by atoms with van der Waals surface area (Å²) in [6.07, 6.45) is -16.7. The van der Waals surface area contributed by atoms with E-state index < -0.39 is 68.2 Å². The Kier molecular flexibility index (Phi) is 5.68. The highest BCUT2D eigenvalue weighted by Crippen LogP contribution is 2.27. The van der Waals surface area contributed by atoms with Crippen LogP contribution in [0.4, 0.5) is 0 Å². The fourth-order valence-corrected chi connectivity index (χ4v) is 2.33. The van der Waals surface area contributed by atoms with Crippen LogP contribution in [-0.4, -0.2) is 109 Å². The maximum Gasteiger partial charge on any atom is 0.189 e. The SMILES string of the molecule is OCC1O[C@@H](O)[C@@H](O)C(O)[C@@H]1O[C@@H]1OC(O)[C@@H](O)C(O)[C@@H]1O. The van der Waals surface area contributed by atoms with Crippen LogP contribution in [0.5, 0.6) is 0 Å². The Morgan fingerprint density at radius 3 is 1.82 bits per heavy atom. The number of hydrogen-bond acceptors (Lipinski definition) is 11. The van der Waals surface area contributed by atoms with Gasteiger partial charge in [-0.3, -0.25) is 0 Å². The van der Waals surface area contributed by atoms with Crippen LogP contribution in [0.25, 0.3) is 0 Å². The third-order valence-corrected chi connectivity index (χ3v) is 3.67. The zero-order valence-corrected chi connectivity index (χ0v) is 11.3. The second-order valence-electron chi connectivity index (χ2n) is 5.20. The maximum absolute atomic E-state index is 9.87. The molecule has 0 amide bonds. The lowest BCUT2D eigenvalue weighted by Gasteiger charge is -2.44. The number of hydrogen-bond donors (Lipinski definition) is 8. The molecule has 0 radical (unpaired) electrons. The quantitative estimate of drug-likeness (QED) is 0.247. The van der Waals surface area contributed by atoms with E-state index in [4.69, 9.17) is 14.2 Å². The maximum atomic E-state index is 9.87. The van der Waals surface area contributed by atoms with Crippen LogP contribution in [0.15, 0.2) is 0 Å². The zero-order valence-electron chi connectivity index (χ0n) is 11.3. The molecule has 10 atom stereocenters. The molecule has 8 N–H and O–H groups in total. The topological polar surface area (TPSA) is 190 Å². The van der Waals surface area contributed by atoms with Crippen molar-refractivity contribution < 1.29 is 55.1 Å². The fourth-order valence-electron chi connectivity index (χ4n) is 2.33. The second kappa shape index (κ2) is 6.98. The molecule has 11 nitrogen and oxygen atoms in total. The van der Waals surface area contributed by atoms with Gasteiger partial charge < -0.3 is 55.1 Å². The monoisotopic (exact) mass is 328 g/mol. The van der Waals surface area contributed by atoms with Crippen LogP contribution >= 0.6 is 0 Å². The summed E-state index contributed by atoms with van der Waals surface area (Å²) in [7, 11) is 0. The lowest BCUT2D eigenvalue weighted by molar-refractivity contribution is -0.375. The number of aliphatic hydroxyl groups excluding tert-OH is 8. The predicted octanol–water partition coefficient (Wildman–Crippen LogP) is -5.44. The van der Waals surface area contributed by atoms with E-state index in [0.29, 0.717) is 0 Å². The highest BCUT2D eigenvalue weighted by atomic mass is 16.8. The molecule has 0 bridgehead atoms. The van der Waals surface area contributed by atoms with Crippen molar-refractivity contribution in [2.75, 3.05) is 6.61 Å². The van der Waals surface area contributed by atoms with E-state index in [0.717, 1.165) is 0 Å². The summed E-state index contributed by atoms with van der Waals surface area (Å²) in [5.74, 6) is 0. The summed E-state index contributed by atoms with van der Waals surface area (Å²) < 4.78 is 14.8. The van der Waals surface area contributed by atoms with E-state index in [-0.39, 0.29) is 0 Å². The third-order valence-electron chi connectivity index (χ3n) is 3.67. The van der Waals surface area contributed by atoms with Crippen LogP contribution in [0, 0.1) is 0 Å². The van der Waals surface area contributed by atoms with E-state index in [2.05, 4.69) is 0 Å². The van der Waals surface area contributed by atoms with Gasteiger partial charge in [-0.25, -0.2) is 0 Å². The second-order valence-corrected chi connectivity index (χ2v) is 5.20. The smallest absolute Gasteiger partial charge is 0.189 e. The molecular formula is C11H20O11. The molecule has 0 saturated carbocycles. The molecule has 0 spiro atoms. The molecule has 130 valence electrons. The average Bonchev–Trinajstić information content (AvgIpc) is 2.50. The largest absolute Gasteiger partial charge is 0.394 e. The van der Waals surface area contributed by atoms with Crippen molar-refractivity contribution in [1.82, 2.24) is 0 Å². The zero-order chi connectivity index (χ0) is 16.6. The Morgan fingerprint density at radius 1 is 0.682 bits per heavy atom. The molecule has 0 aromatic heterocycles. The van der Waals surface area contributed by atoms with Crippen molar-refractivity contribution in [3.05, 3.63) is 0 Å². The third kappa shape index (κ3) is 3.25. The van der Waals surface area contributed by atoms with Gasteiger partial charge in [-0.1, -0.05) is 0 Å². The van der Waals surface area contributed by atoms with E-state index in [9.17, 15) is 40.9 Å². The van der Waals surface area contributed by atoms with Gasteiger partial charge in [-0.05, 0) is 0 Å². The minimum absolute atomic E-state index is 0.692. The van der Waals surface area contributed by atoms with Crippen LogP contribution in [0.2, 0.25) is 0 Å². The van der Waals surface area contributed by atoms with Crippen LogP contribution in [-0.2, 0) is 14.2 Å². The van der Waals surface area contributed by atoms with Gasteiger partial charge in [0, 0.05) is 0 Å². The van der Waals surface area contributed by atoms with Gasteiger partial charge in [0.1, 0.15) is 42.7 Å². The van der Waals surface area contributed by atoms with Crippen molar-refractivity contribution in [2.45, 2.75) is 61.6 Å². The summed E-state index contributed by atoms with van der Waals surface area (Å²) in [5.41, 5.74) is 0. The number of rotatable bonds is 3. The van der Waals surface area contributed by atoms with Gasteiger partial charge in [0.25, 0.3) is 0 Å². The van der Waals surface area contributed by atoms with Crippen molar-refractivity contribution in [3.63, 3.8) is 0 Å². The van der Waals surface area contributed by atoms with Gasteiger partial charge in [0.15, 0.2) is 18.9 Å². The normalized spacial score (nSPS) is 53.5. The Bertz CT molecular complexity index is 366. The minimum Gasteiger partial charge on any atom is -0.394 e. The van der Waals surface area contributed by atoms with Crippen LogP contribution in [0.1, 0.15) is 0 Å².